The molecule has 0 aromatic rings. The van der Waals surface area contributed by atoms with Crippen molar-refractivity contribution in [2.75, 3.05) is 13.6 Å². The van der Waals surface area contributed by atoms with Crippen LogP contribution in [0.4, 0.5) is 0 Å². The molecule has 2 N–H and O–H groups in total. The van der Waals surface area contributed by atoms with Crippen LogP contribution in [0.15, 0.2) is 0 Å². The Bertz CT molecular complexity index is 132. The highest BCUT2D eigenvalue weighted by molar-refractivity contribution is 4.78. The van der Waals surface area contributed by atoms with E-state index in [4.69, 9.17) is 5.73 Å². The van der Waals surface area contributed by atoms with Crippen molar-refractivity contribution >= 4 is 0 Å². The molecule has 2 nitrogen and oxygen atoms in total. The van der Waals surface area contributed by atoms with Crippen LogP contribution in [0.2, 0.25) is 0 Å². The van der Waals surface area contributed by atoms with Gasteiger partial charge in [0.05, 0.1) is 0 Å². The molecule has 0 heterocycles. The van der Waals surface area contributed by atoms with E-state index in [1.165, 1.54) is 45.1 Å². The van der Waals surface area contributed by atoms with Crippen LogP contribution in [0.3, 0.4) is 0 Å². The van der Waals surface area contributed by atoms with Gasteiger partial charge in [0.15, 0.2) is 0 Å². The molecule has 78 valence electrons. The summed E-state index contributed by atoms with van der Waals surface area (Å²) >= 11 is 0. The van der Waals surface area contributed by atoms with Crippen molar-refractivity contribution in [3.63, 3.8) is 0 Å². The third kappa shape index (κ3) is 3.65. The van der Waals surface area contributed by atoms with E-state index in [0.29, 0.717) is 6.04 Å². The molecular weight excluding hydrogens is 160 g/mol. The molecule has 0 saturated heterocycles. The minimum absolute atomic E-state index is 0.424. The van der Waals surface area contributed by atoms with Crippen LogP contribution < -0.4 is 5.73 Å². The number of hydrogen-bond acceptors (Lipinski definition) is 2. The van der Waals surface area contributed by atoms with Crippen molar-refractivity contribution in [2.45, 2.75) is 57.5 Å². The van der Waals surface area contributed by atoms with E-state index >= 15 is 0 Å². The zero-order chi connectivity index (χ0) is 9.68. The van der Waals surface area contributed by atoms with Crippen molar-refractivity contribution in [1.82, 2.24) is 4.90 Å². The Balaban J connectivity index is 2.03. The van der Waals surface area contributed by atoms with E-state index in [0.717, 1.165) is 6.04 Å². The summed E-state index contributed by atoms with van der Waals surface area (Å²) in [7, 11) is 2.24. The van der Waals surface area contributed by atoms with E-state index in [9.17, 15) is 0 Å². The lowest BCUT2D eigenvalue weighted by atomic mass is 9.91. The average molecular weight is 184 g/mol. The third-order valence-electron chi connectivity index (χ3n) is 3.21. The maximum Gasteiger partial charge on any atom is 0.00922 e. The first-order chi connectivity index (χ1) is 6.24. The van der Waals surface area contributed by atoms with Gasteiger partial charge in [0.2, 0.25) is 0 Å². The predicted molar refractivity (Wildman–Crippen MR) is 57.8 cm³/mol. The molecule has 2 heteroatoms. The fourth-order valence-electron chi connectivity index (χ4n) is 1.89. The van der Waals surface area contributed by atoms with Crippen LogP contribution in [-0.2, 0) is 0 Å². The number of hydrogen-bond donors (Lipinski definition) is 1. The van der Waals surface area contributed by atoms with Crippen LogP contribution in [0, 0.1) is 0 Å². The van der Waals surface area contributed by atoms with Crippen molar-refractivity contribution in [3.8, 4) is 0 Å². The summed E-state index contributed by atoms with van der Waals surface area (Å²) in [5.74, 6) is 0. The van der Waals surface area contributed by atoms with E-state index < -0.39 is 0 Å². The molecule has 0 spiro atoms. The van der Waals surface area contributed by atoms with E-state index in [1.807, 2.05) is 0 Å². The van der Waals surface area contributed by atoms with Gasteiger partial charge in [-0.3, -0.25) is 0 Å². The van der Waals surface area contributed by atoms with Gasteiger partial charge >= 0.3 is 0 Å². The lowest BCUT2D eigenvalue weighted by Gasteiger charge is -2.35. The SMILES string of the molecule is CCCC(N)CCN(C)C1CCC1. The minimum Gasteiger partial charge on any atom is -0.328 e. The Morgan fingerprint density at radius 3 is 2.54 bits per heavy atom. The van der Waals surface area contributed by atoms with Crippen LogP contribution >= 0.6 is 0 Å². The molecule has 0 radical (unpaired) electrons. The highest BCUT2D eigenvalue weighted by atomic mass is 15.1. The van der Waals surface area contributed by atoms with Crippen LogP contribution in [0.1, 0.15) is 45.4 Å². The maximum atomic E-state index is 5.97. The van der Waals surface area contributed by atoms with Gasteiger partial charge in [0.25, 0.3) is 0 Å². The number of rotatable bonds is 6. The molecule has 1 unspecified atom stereocenters. The second kappa shape index (κ2) is 5.61. The Hall–Kier alpha value is -0.0800. The molecule has 1 atom stereocenters. The largest absolute Gasteiger partial charge is 0.328 e. The Morgan fingerprint density at radius 2 is 2.08 bits per heavy atom. The Labute approximate surface area is 82.5 Å². The molecule has 1 fully saturated rings. The van der Waals surface area contributed by atoms with E-state index in [-0.39, 0.29) is 0 Å². The molecule has 0 bridgehead atoms. The molecule has 1 saturated carbocycles. The molecule has 1 aliphatic rings. The number of nitrogens with zero attached hydrogens (tertiary/aromatic N) is 1. The lowest BCUT2D eigenvalue weighted by Crippen LogP contribution is -2.39. The molecule has 1 aliphatic carbocycles. The molecule has 0 aliphatic heterocycles. The maximum absolute atomic E-state index is 5.97. The van der Waals surface area contributed by atoms with E-state index in [2.05, 4.69) is 18.9 Å². The summed E-state index contributed by atoms with van der Waals surface area (Å²) in [6, 6.07) is 1.29. The Morgan fingerprint density at radius 1 is 1.38 bits per heavy atom. The molecule has 0 aromatic heterocycles. The normalized spacial score (nSPS) is 20.3. The van der Waals surface area contributed by atoms with Gasteiger partial charge < -0.3 is 10.6 Å². The van der Waals surface area contributed by atoms with Crippen LogP contribution in [0.25, 0.3) is 0 Å². The van der Waals surface area contributed by atoms with Gasteiger partial charge in [0.1, 0.15) is 0 Å². The van der Waals surface area contributed by atoms with Gasteiger partial charge in [-0.05, 0) is 39.3 Å². The van der Waals surface area contributed by atoms with Gasteiger partial charge in [-0.2, -0.15) is 0 Å². The summed E-state index contributed by atoms with van der Waals surface area (Å²) in [5, 5.41) is 0. The van der Waals surface area contributed by atoms with Crippen molar-refractivity contribution in [1.29, 1.82) is 0 Å². The molecule has 0 amide bonds. The summed E-state index contributed by atoms with van der Waals surface area (Å²) in [4.78, 5) is 2.49. The molecular formula is C11H24N2. The monoisotopic (exact) mass is 184 g/mol. The van der Waals surface area contributed by atoms with Crippen molar-refractivity contribution < 1.29 is 0 Å². The molecule has 1 rings (SSSR count). The topological polar surface area (TPSA) is 29.3 Å². The fourth-order valence-corrected chi connectivity index (χ4v) is 1.89. The van der Waals surface area contributed by atoms with Crippen molar-refractivity contribution in [3.05, 3.63) is 0 Å². The zero-order valence-electron chi connectivity index (χ0n) is 9.13. The van der Waals surface area contributed by atoms with E-state index in [1.54, 1.807) is 0 Å². The second-order valence-corrected chi connectivity index (χ2v) is 4.40. The first kappa shape index (κ1) is 11.0. The minimum atomic E-state index is 0.424. The summed E-state index contributed by atoms with van der Waals surface area (Å²) < 4.78 is 0. The van der Waals surface area contributed by atoms with Gasteiger partial charge in [-0.1, -0.05) is 19.8 Å². The molecule has 13 heavy (non-hydrogen) atoms. The van der Waals surface area contributed by atoms with Gasteiger partial charge in [-0.15, -0.1) is 0 Å². The Kier molecular flexibility index (Phi) is 4.74. The molecule has 0 aromatic carbocycles. The first-order valence-electron chi connectivity index (χ1n) is 5.70. The van der Waals surface area contributed by atoms with Gasteiger partial charge in [0, 0.05) is 12.1 Å². The smallest absolute Gasteiger partial charge is 0.00922 e. The van der Waals surface area contributed by atoms with Crippen molar-refractivity contribution in [2.24, 2.45) is 5.73 Å². The average Bonchev–Trinajstić information content (AvgIpc) is 1.98. The fraction of sp³-hybridized carbons (Fsp3) is 1.00. The first-order valence-corrected chi connectivity index (χ1v) is 5.70. The summed E-state index contributed by atoms with van der Waals surface area (Å²) in [5.41, 5.74) is 5.97. The quantitative estimate of drug-likeness (QED) is 0.684. The lowest BCUT2D eigenvalue weighted by molar-refractivity contribution is 0.155. The van der Waals surface area contributed by atoms with Crippen LogP contribution in [0.5, 0.6) is 0 Å². The highest BCUT2D eigenvalue weighted by Gasteiger charge is 2.21. The zero-order valence-corrected chi connectivity index (χ0v) is 9.13. The highest BCUT2D eigenvalue weighted by Crippen LogP contribution is 2.23. The third-order valence-corrected chi connectivity index (χ3v) is 3.21. The second-order valence-electron chi connectivity index (χ2n) is 4.40. The van der Waals surface area contributed by atoms with Crippen LogP contribution in [-0.4, -0.2) is 30.6 Å². The summed E-state index contributed by atoms with van der Waals surface area (Å²) in [6.45, 7) is 3.39. The standard InChI is InChI=1S/C11H24N2/c1-3-5-10(12)8-9-13(2)11-6-4-7-11/h10-11H,3-9,12H2,1-2H3. The predicted octanol–water partition coefficient (Wildman–Crippen LogP) is 1.99. The summed E-state index contributed by atoms with van der Waals surface area (Å²) in [6.07, 6.45) is 7.79. The van der Waals surface area contributed by atoms with Gasteiger partial charge in [-0.25, -0.2) is 0 Å². The number of nitrogens with two attached hydrogens (primary N) is 1.